The number of ether oxygens (including phenoxy) is 2. The van der Waals surface area contributed by atoms with Crippen LogP contribution in [0.4, 0.5) is 0 Å². The first-order valence-electron chi connectivity index (χ1n) is 5.92. The summed E-state index contributed by atoms with van der Waals surface area (Å²) >= 11 is 0. The molecule has 1 aromatic carbocycles. The van der Waals surface area contributed by atoms with Crippen LogP contribution in [0.15, 0.2) is 24.3 Å². The lowest BCUT2D eigenvalue weighted by atomic mass is 9.91. The topological polar surface area (TPSA) is 52.6 Å². The van der Waals surface area contributed by atoms with Crippen LogP contribution in [0.3, 0.4) is 0 Å². The molecule has 2 aliphatic carbocycles. The van der Waals surface area contributed by atoms with Crippen LogP contribution in [-0.4, -0.2) is 26.2 Å². The van der Waals surface area contributed by atoms with Crippen LogP contribution in [0.2, 0.25) is 0 Å². The SMILES string of the molecule is COC(=O)C1(C(=O)OC)[C@@H]2Cc3ccccc3[C@@H]21. The number of methoxy groups -OCH3 is 2. The van der Waals surface area contributed by atoms with E-state index < -0.39 is 17.4 Å². The van der Waals surface area contributed by atoms with Gasteiger partial charge < -0.3 is 9.47 Å². The molecule has 3 rings (SSSR count). The molecule has 0 aliphatic heterocycles. The standard InChI is InChI=1S/C14H14O4/c1-17-12(15)14(13(16)18-2)10-7-8-5-3-4-6-9(8)11(10)14/h3-6,10-11H,7H2,1-2H3/t10-,11+/m1/s1. The van der Waals surface area contributed by atoms with Gasteiger partial charge in [-0.05, 0) is 23.5 Å². The molecule has 1 saturated carbocycles. The van der Waals surface area contributed by atoms with Gasteiger partial charge in [-0.3, -0.25) is 9.59 Å². The van der Waals surface area contributed by atoms with E-state index in [9.17, 15) is 9.59 Å². The number of hydrogen-bond donors (Lipinski definition) is 0. The average Bonchev–Trinajstić information content (AvgIpc) is 2.91. The molecule has 94 valence electrons. The molecule has 0 bridgehead atoms. The fourth-order valence-corrected chi connectivity index (χ4v) is 3.44. The highest BCUT2D eigenvalue weighted by Crippen LogP contribution is 2.71. The van der Waals surface area contributed by atoms with E-state index in [1.54, 1.807) is 0 Å². The molecule has 4 heteroatoms. The number of fused-ring (bicyclic) bond motifs is 3. The second-order valence-corrected chi connectivity index (χ2v) is 4.84. The predicted molar refractivity (Wildman–Crippen MR) is 62.8 cm³/mol. The normalized spacial score (nSPS) is 25.9. The number of hydrogen-bond acceptors (Lipinski definition) is 4. The van der Waals surface area contributed by atoms with Crippen molar-refractivity contribution in [1.82, 2.24) is 0 Å². The zero-order valence-corrected chi connectivity index (χ0v) is 10.3. The van der Waals surface area contributed by atoms with E-state index >= 15 is 0 Å². The number of carbonyl (C=O) groups is 2. The summed E-state index contributed by atoms with van der Waals surface area (Å²) in [5.74, 6) is -1.03. The van der Waals surface area contributed by atoms with Crippen LogP contribution in [0.1, 0.15) is 17.0 Å². The van der Waals surface area contributed by atoms with Crippen LogP contribution in [0, 0.1) is 11.3 Å². The van der Waals surface area contributed by atoms with E-state index in [-0.39, 0.29) is 11.8 Å². The lowest BCUT2D eigenvalue weighted by molar-refractivity contribution is -0.162. The highest BCUT2D eigenvalue weighted by Gasteiger charge is 2.78. The van der Waals surface area contributed by atoms with Crippen molar-refractivity contribution in [1.29, 1.82) is 0 Å². The molecule has 0 spiro atoms. The Bertz CT molecular complexity index is 518. The minimum Gasteiger partial charge on any atom is -0.468 e. The Morgan fingerprint density at radius 2 is 1.78 bits per heavy atom. The van der Waals surface area contributed by atoms with Crippen LogP contribution in [0.25, 0.3) is 0 Å². The van der Waals surface area contributed by atoms with Gasteiger partial charge in [0.05, 0.1) is 14.2 Å². The van der Waals surface area contributed by atoms with Gasteiger partial charge in [0.25, 0.3) is 0 Å². The lowest BCUT2D eigenvalue weighted by Crippen LogP contribution is -2.33. The summed E-state index contributed by atoms with van der Waals surface area (Å²) in [7, 11) is 2.62. The number of carbonyl (C=O) groups excluding carboxylic acids is 2. The molecule has 0 heterocycles. The van der Waals surface area contributed by atoms with Gasteiger partial charge in [0.15, 0.2) is 5.41 Å². The first-order valence-corrected chi connectivity index (χ1v) is 5.92. The quantitative estimate of drug-likeness (QED) is 0.583. The van der Waals surface area contributed by atoms with Crippen molar-refractivity contribution in [3.05, 3.63) is 35.4 Å². The maximum Gasteiger partial charge on any atom is 0.324 e. The largest absolute Gasteiger partial charge is 0.468 e. The van der Waals surface area contributed by atoms with Crippen molar-refractivity contribution in [3.8, 4) is 0 Å². The second-order valence-electron chi connectivity index (χ2n) is 4.84. The second kappa shape index (κ2) is 3.57. The van der Waals surface area contributed by atoms with Crippen molar-refractivity contribution >= 4 is 11.9 Å². The smallest absolute Gasteiger partial charge is 0.324 e. The number of esters is 2. The number of rotatable bonds is 2. The van der Waals surface area contributed by atoms with E-state index in [1.807, 2.05) is 24.3 Å². The van der Waals surface area contributed by atoms with E-state index in [0.29, 0.717) is 0 Å². The molecule has 0 amide bonds. The summed E-state index contributed by atoms with van der Waals surface area (Å²) in [5.41, 5.74) is 1.20. The Hall–Kier alpha value is -1.84. The molecular weight excluding hydrogens is 232 g/mol. The van der Waals surface area contributed by atoms with Gasteiger partial charge in [0.1, 0.15) is 0 Å². The van der Waals surface area contributed by atoms with Gasteiger partial charge >= 0.3 is 11.9 Å². The molecule has 0 unspecified atom stereocenters. The van der Waals surface area contributed by atoms with Gasteiger partial charge in [0, 0.05) is 5.92 Å². The van der Waals surface area contributed by atoms with E-state index in [0.717, 1.165) is 12.0 Å². The summed E-state index contributed by atoms with van der Waals surface area (Å²) in [4.78, 5) is 24.0. The zero-order valence-electron chi connectivity index (χ0n) is 10.3. The van der Waals surface area contributed by atoms with Crippen molar-refractivity contribution < 1.29 is 19.1 Å². The third kappa shape index (κ3) is 1.10. The molecule has 0 saturated heterocycles. The van der Waals surface area contributed by atoms with E-state index in [2.05, 4.69) is 0 Å². The summed E-state index contributed by atoms with van der Waals surface area (Å²) in [6, 6.07) is 7.93. The number of benzene rings is 1. The summed E-state index contributed by atoms with van der Waals surface area (Å²) in [6.45, 7) is 0. The van der Waals surface area contributed by atoms with Crippen molar-refractivity contribution in [3.63, 3.8) is 0 Å². The van der Waals surface area contributed by atoms with Crippen LogP contribution in [-0.2, 0) is 25.5 Å². The first-order chi connectivity index (χ1) is 8.67. The average molecular weight is 246 g/mol. The molecule has 4 nitrogen and oxygen atoms in total. The fourth-order valence-electron chi connectivity index (χ4n) is 3.44. The highest BCUT2D eigenvalue weighted by atomic mass is 16.5. The molecule has 0 radical (unpaired) electrons. The van der Waals surface area contributed by atoms with Gasteiger partial charge in [-0.25, -0.2) is 0 Å². The zero-order chi connectivity index (χ0) is 12.9. The Kier molecular flexibility index (Phi) is 2.24. The van der Waals surface area contributed by atoms with Crippen LogP contribution in [0.5, 0.6) is 0 Å². The monoisotopic (exact) mass is 246 g/mol. The van der Waals surface area contributed by atoms with Gasteiger partial charge in [-0.1, -0.05) is 24.3 Å². The van der Waals surface area contributed by atoms with Crippen LogP contribution >= 0.6 is 0 Å². The molecule has 2 atom stereocenters. The molecule has 2 aliphatic rings. The van der Waals surface area contributed by atoms with Gasteiger partial charge in [-0.2, -0.15) is 0 Å². The molecule has 0 aromatic heterocycles. The predicted octanol–water partition coefficient (Wildman–Crippen LogP) is 1.29. The van der Waals surface area contributed by atoms with Gasteiger partial charge in [-0.15, -0.1) is 0 Å². The van der Waals surface area contributed by atoms with Crippen LogP contribution < -0.4 is 0 Å². The van der Waals surface area contributed by atoms with Crippen molar-refractivity contribution in [2.75, 3.05) is 14.2 Å². The molecule has 0 N–H and O–H groups in total. The molecule has 18 heavy (non-hydrogen) atoms. The molecule has 1 aromatic rings. The summed E-state index contributed by atoms with van der Waals surface area (Å²) in [5, 5.41) is 0. The summed E-state index contributed by atoms with van der Waals surface area (Å²) in [6.07, 6.45) is 0.741. The maximum absolute atomic E-state index is 12.0. The minimum absolute atomic E-state index is 0.00481. The highest BCUT2D eigenvalue weighted by molar-refractivity contribution is 6.06. The van der Waals surface area contributed by atoms with Crippen molar-refractivity contribution in [2.24, 2.45) is 11.3 Å². The first kappa shape index (κ1) is 11.3. The van der Waals surface area contributed by atoms with Crippen molar-refractivity contribution in [2.45, 2.75) is 12.3 Å². The Morgan fingerprint density at radius 3 is 2.39 bits per heavy atom. The molecule has 1 fully saturated rings. The lowest BCUT2D eigenvalue weighted by Gasteiger charge is -2.17. The third-order valence-corrected chi connectivity index (χ3v) is 4.24. The fraction of sp³-hybridized carbons (Fsp3) is 0.429. The Labute approximate surface area is 105 Å². The Morgan fingerprint density at radius 1 is 1.17 bits per heavy atom. The summed E-state index contributed by atoms with van der Waals surface area (Å²) < 4.78 is 9.62. The molecular formula is C14H14O4. The Balaban J connectivity index is 2.04. The van der Waals surface area contributed by atoms with Gasteiger partial charge in [0.2, 0.25) is 0 Å². The third-order valence-electron chi connectivity index (χ3n) is 4.24. The van der Waals surface area contributed by atoms with E-state index in [4.69, 9.17) is 9.47 Å². The van der Waals surface area contributed by atoms with E-state index in [1.165, 1.54) is 19.8 Å². The maximum atomic E-state index is 12.0. The minimum atomic E-state index is -1.10.